The van der Waals surface area contributed by atoms with Crippen molar-refractivity contribution in [2.75, 3.05) is 47.8 Å². The van der Waals surface area contributed by atoms with Crippen LogP contribution in [0, 0.1) is 0 Å². The Bertz CT molecular complexity index is 632. The molecular formula is C19H32IN5O2. The number of hydrogen-bond acceptors (Lipinski definition) is 3. The zero-order chi connectivity index (χ0) is 19.5. The van der Waals surface area contributed by atoms with E-state index in [0.717, 1.165) is 24.9 Å². The average Bonchev–Trinajstić information content (AvgIpc) is 2.62. The molecule has 0 unspecified atom stereocenters. The highest BCUT2D eigenvalue weighted by Crippen LogP contribution is 2.07. The standard InChI is InChI=1S/C19H31N5O2.HI/c1-6-11-20-19(22-14-17(25)23(2)3)21-12-10-15-8-7-9-16(13-15)18(26)24(4)5;/h7-9,13H,6,10-12,14H2,1-5H3,(H2,20,21,22);1H. The van der Waals surface area contributed by atoms with Crippen molar-refractivity contribution in [1.29, 1.82) is 0 Å². The molecule has 2 N–H and O–H groups in total. The van der Waals surface area contributed by atoms with Crippen LogP contribution < -0.4 is 10.6 Å². The lowest BCUT2D eigenvalue weighted by atomic mass is 10.1. The minimum absolute atomic E-state index is 0. The number of hydrogen-bond donors (Lipinski definition) is 2. The molecule has 1 aromatic carbocycles. The Hall–Kier alpha value is -1.84. The molecule has 8 heteroatoms. The molecule has 0 radical (unpaired) electrons. The lowest BCUT2D eigenvalue weighted by Gasteiger charge is -2.14. The fourth-order valence-electron chi connectivity index (χ4n) is 2.15. The van der Waals surface area contributed by atoms with Crippen LogP contribution in [0.15, 0.2) is 29.3 Å². The summed E-state index contributed by atoms with van der Waals surface area (Å²) in [5.74, 6) is 0.578. The Balaban J connectivity index is 0.00000676. The van der Waals surface area contributed by atoms with E-state index in [9.17, 15) is 9.59 Å². The molecule has 0 aliphatic heterocycles. The number of nitrogens with one attached hydrogen (secondary N) is 2. The van der Waals surface area contributed by atoms with Crippen molar-refractivity contribution in [3.8, 4) is 0 Å². The third-order valence-electron chi connectivity index (χ3n) is 3.70. The highest BCUT2D eigenvalue weighted by molar-refractivity contribution is 14.0. The molecule has 0 aliphatic rings. The maximum absolute atomic E-state index is 12.0. The molecule has 1 rings (SSSR count). The first kappa shape index (κ1) is 25.2. The van der Waals surface area contributed by atoms with Crippen LogP contribution in [0.4, 0.5) is 0 Å². The minimum Gasteiger partial charge on any atom is -0.356 e. The van der Waals surface area contributed by atoms with Crippen LogP contribution in [-0.4, -0.2) is 75.4 Å². The van der Waals surface area contributed by atoms with Gasteiger partial charge in [-0.1, -0.05) is 19.1 Å². The number of benzene rings is 1. The van der Waals surface area contributed by atoms with Crippen molar-refractivity contribution in [3.05, 3.63) is 35.4 Å². The molecule has 0 saturated heterocycles. The van der Waals surface area contributed by atoms with E-state index in [2.05, 4.69) is 22.5 Å². The normalized spacial score (nSPS) is 10.6. The summed E-state index contributed by atoms with van der Waals surface area (Å²) < 4.78 is 0. The summed E-state index contributed by atoms with van der Waals surface area (Å²) >= 11 is 0. The van der Waals surface area contributed by atoms with Gasteiger partial charge in [0.25, 0.3) is 5.91 Å². The summed E-state index contributed by atoms with van der Waals surface area (Å²) in [4.78, 5) is 31.2. The first-order valence-corrected chi connectivity index (χ1v) is 8.88. The van der Waals surface area contributed by atoms with Gasteiger partial charge in [-0.2, -0.15) is 0 Å². The second-order valence-electron chi connectivity index (χ2n) is 6.46. The summed E-state index contributed by atoms with van der Waals surface area (Å²) in [5.41, 5.74) is 1.76. The van der Waals surface area contributed by atoms with E-state index in [0.29, 0.717) is 18.1 Å². The highest BCUT2D eigenvalue weighted by atomic mass is 127. The summed E-state index contributed by atoms with van der Waals surface area (Å²) in [7, 11) is 6.92. The Morgan fingerprint density at radius 2 is 1.70 bits per heavy atom. The molecule has 2 amide bonds. The molecule has 0 spiro atoms. The molecule has 0 atom stereocenters. The monoisotopic (exact) mass is 489 g/mol. The van der Waals surface area contributed by atoms with Gasteiger partial charge in [-0.25, -0.2) is 4.99 Å². The van der Waals surface area contributed by atoms with Crippen molar-refractivity contribution >= 4 is 41.8 Å². The van der Waals surface area contributed by atoms with Crippen molar-refractivity contribution in [2.45, 2.75) is 19.8 Å². The van der Waals surface area contributed by atoms with Gasteiger partial charge in [-0.05, 0) is 30.5 Å². The van der Waals surface area contributed by atoms with Gasteiger partial charge in [-0.15, -0.1) is 24.0 Å². The van der Waals surface area contributed by atoms with Crippen LogP contribution in [0.5, 0.6) is 0 Å². The predicted molar refractivity (Wildman–Crippen MR) is 121 cm³/mol. The SMILES string of the molecule is CCCNC(=NCC(=O)N(C)C)NCCc1cccc(C(=O)N(C)C)c1.I. The molecule has 0 saturated carbocycles. The number of halogens is 1. The van der Waals surface area contributed by atoms with Gasteiger partial charge in [-0.3, -0.25) is 9.59 Å². The van der Waals surface area contributed by atoms with Gasteiger partial charge in [0.1, 0.15) is 6.54 Å². The van der Waals surface area contributed by atoms with Gasteiger partial charge >= 0.3 is 0 Å². The first-order chi connectivity index (χ1) is 12.3. The lowest BCUT2D eigenvalue weighted by Crippen LogP contribution is -2.39. The van der Waals surface area contributed by atoms with E-state index >= 15 is 0 Å². The van der Waals surface area contributed by atoms with Gasteiger partial charge in [0.15, 0.2) is 5.96 Å². The fraction of sp³-hybridized carbons (Fsp3) is 0.526. The van der Waals surface area contributed by atoms with E-state index in [1.54, 1.807) is 33.1 Å². The minimum atomic E-state index is -0.0440. The molecule has 0 bridgehead atoms. The zero-order valence-electron chi connectivity index (χ0n) is 16.9. The van der Waals surface area contributed by atoms with Gasteiger partial charge < -0.3 is 20.4 Å². The lowest BCUT2D eigenvalue weighted by molar-refractivity contribution is -0.127. The first-order valence-electron chi connectivity index (χ1n) is 8.88. The Morgan fingerprint density at radius 3 is 2.30 bits per heavy atom. The smallest absolute Gasteiger partial charge is 0.253 e. The van der Waals surface area contributed by atoms with Gasteiger partial charge in [0.05, 0.1) is 0 Å². The van der Waals surface area contributed by atoms with Crippen molar-refractivity contribution < 1.29 is 9.59 Å². The summed E-state index contributed by atoms with van der Waals surface area (Å²) in [6.45, 7) is 3.63. The van der Waals surface area contributed by atoms with E-state index in [4.69, 9.17) is 0 Å². The summed E-state index contributed by atoms with van der Waals surface area (Å²) in [6, 6.07) is 7.63. The third-order valence-corrected chi connectivity index (χ3v) is 3.70. The summed E-state index contributed by atoms with van der Waals surface area (Å²) in [5, 5.41) is 6.44. The topological polar surface area (TPSA) is 77.0 Å². The fourth-order valence-corrected chi connectivity index (χ4v) is 2.15. The average molecular weight is 489 g/mol. The number of aliphatic imine (C=N–C) groups is 1. The van der Waals surface area contributed by atoms with E-state index in [1.165, 1.54) is 4.90 Å². The Labute approximate surface area is 179 Å². The molecule has 27 heavy (non-hydrogen) atoms. The molecule has 7 nitrogen and oxygen atoms in total. The largest absolute Gasteiger partial charge is 0.356 e. The van der Waals surface area contributed by atoms with Gasteiger partial charge in [0, 0.05) is 46.8 Å². The number of rotatable bonds is 8. The van der Waals surface area contributed by atoms with Crippen molar-refractivity contribution in [3.63, 3.8) is 0 Å². The molecule has 0 fully saturated rings. The number of amides is 2. The van der Waals surface area contributed by atoms with Gasteiger partial charge in [0.2, 0.25) is 5.91 Å². The molecule has 1 aromatic rings. The molecule has 0 heterocycles. The number of nitrogens with zero attached hydrogens (tertiary/aromatic N) is 3. The van der Waals surface area contributed by atoms with Crippen LogP contribution >= 0.6 is 24.0 Å². The molecular weight excluding hydrogens is 457 g/mol. The van der Waals surface area contributed by atoms with Crippen LogP contribution in [0.1, 0.15) is 29.3 Å². The van der Waals surface area contributed by atoms with Crippen LogP contribution in [0.2, 0.25) is 0 Å². The number of likely N-dealkylation sites (N-methyl/N-ethyl adjacent to an activating group) is 1. The number of guanidine groups is 1. The number of carbonyl (C=O) groups is 2. The maximum Gasteiger partial charge on any atom is 0.253 e. The quantitative estimate of drug-likeness (QED) is 0.331. The number of carbonyl (C=O) groups excluding carboxylic acids is 2. The summed E-state index contributed by atoms with van der Waals surface area (Å²) in [6.07, 6.45) is 1.72. The molecule has 0 aliphatic carbocycles. The van der Waals surface area contributed by atoms with Crippen LogP contribution in [-0.2, 0) is 11.2 Å². The van der Waals surface area contributed by atoms with Crippen LogP contribution in [0.3, 0.4) is 0 Å². The predicted octanol–water partition coefficient (Wildman–Crippen LogP) is 1.58. The second-order valence-corrected chi connectivity index (χ2v) is 6.46. The molecule has 152 valence electrons. The van der Waals surface area contributed by atoms with Crippen LogP contribution in [0.25, 0.3) is 0 Å². The van der Waals surface area contributed by atoms with Crippen molar-refractivity contribution in [2.24, 2.45) is 4.99 Å². The van der Waals surface area contributed by atoms with E-state index in [-0.39, 0.29) is 42.3 Å². The van der Waals surface area contributed by atoms with E-state index in [1.807, 2.05) is 24.3 Å². The third kappa shape index (κ3) is 9.60. The second kappa shape index (κ2) is 13.3. The maximum atomic E-state index is 12.0. The zero-order valence-corrected chi connectivity index (χ0v) is 19.2. The Kier molecular flexibility index (Phi) is 12.4. The highest BCUT2D eigenvalue weighted by Gasteiger charge is 2.08. The molecule has 0 aromatic heterocycles. The van der Waals surface area contributed by atoms with Crippen molar-refractivity contribution in [1.82, 2.24) is 20.4 Å². The Morgan fingerprint density at radius 1 is 1.04 bits per heavy atom. The van der Waals surface area contributed by atoms with E-state index < -0.39 is 0 Å².